The Morgan fingerprint density at radius 2 is 1.80 bits per heavy atom. The fraction of sp³-hybridized carbons (Fsp3) is 0.471. The second kappa shape index (κ2) is 11.0. The highest BCUT2D eigenvalue weighted by atomic mass is 16.5. The molecule has 2 aliphatic rings. The maximum absolute atomic E-state index is 13.5. The van der Waals surface area contributed by atoms with Crippen molar-refractivity contribution in [2.75, 3.05) is 33.8 Å². The number of piperidine rings is 1. The lowest BCUT2D eigenvalue weighted by molar-refractivity contribution is -0.926. The zero-order valence-electron chi connectivity index (χ0n) is 24.5. The second-order valence-electron chi connectivity index (χ2n) is 12.7. The third-order valence-corrected chi connectivity index (χ3v) is 9.27. The fourth-order valence-corrected chi connectivity index (χ4v) is 7.74. The number of hydrogen-bond donors (Lipinski definition) is 1. The van der Waals surface area contributed by atoms with Crippen LogP contribution in [0.1, 0.15) is 62.4 Å². The van der Waals surface area contributed by atoms with Crippen molar-refractivity contribution < 1.29 is 23.5 Å². The molecule has 1 aliphatic heterocycles. The number of benzene rings is 3. The number of carbonyl (C=O) groups is 2. The van der Waals surface area contributed by atoms with Crippen molar-refractivity contribution in [1.29, 1.82) is 0 Å². The van der Waals surface area contributed by atoms with Crippen LogP contribution in [0.4, 0.5) is 0 Å². The monoisotopic (exact) mass is 543 g/mol. The molecule has 0 spiro atoms. The molecule has 3 aromatic rings. The Morgan fingerprint density at radius 3 is 2.52 bits per heavy atom. The van der Waals surface area contributed by atoms with E-state index in [4.69, 9.17) is 9.47 Å². The molecule has 2 fully saturated rings. The molecule has 1 saturated heterocycles. The van der Waals surface area contributed by atoms with E-state index in [1.54, 1.807) is 0 Å². The molecule has 5 rings (SSSR count). The number of likely N-dealkylation sites (N-methyl/N-ethyl adjacent to an activating group) is 1. The van der Waals surface area contributed by atoms with Gasteiger partial charge in [0.25, 0.3) is 5.91 Å². The quantitative estimate of drug-likeness (QED) is 0.230. The largest absolute Gasteiger partial charge is 0.427 e. The van der Waals surface area contributed by atoms with Gasteiger partial charge in [-0.3, -0.25) is 9.59 Å². The van der Waals surface area contributed by atoms with Gasteiger partial charge in [-0.2, -0.15) is 0 Å². The molecule has 0 radical (unpaired) electrons. The second-order valence-corrected chi connectivity index (χ2v) is 12.7. The number of nitrogens with zero attached hydrogens (tertiary/aromatic N) is 1. The standard InChI is InChI=1S/C34H42N2O4/c1-24(2)22-36(4)18-17-33(29-11-8-12-31(20-29)40-25(3)37)21-30(15-16-34(33,23-36)39-5)35-32(38)28-14-13-26-9-6-7-10-27(26)19-28/h6-14,19-20,24,30H,15-18,21-23H2,1-5H3/p+1/t30-,33-,34?,36+/m1/s1. The summed E-state index contributed by atoms with van der Waals surface area (Å²) in [5.41, 5.74) is 1.08. The Hall–Kier alpha value is -3.22. The lowest BCUT2D eigenvalue weighted by Crippen LogP contribution is -2.72. The van der Waals surface area contributed by atoms with E-state index in [0.717, 1.165) is 66.1 Å². The molecule has 4 atom stereocenters. The predicted molar refractivity (Wildman–Crippen MR) is 158 cm³/mol. The smallest absolute Gasteiger partial charge is 0.308 e. The molecule has 212 valence electrons. The van der Waals surface area contributed by atoms with Crippen LogP contribution in [0.2, 0.25) is 0 Å². The van der Waals surface area contributed by atoms with Gasteiger partial charge in [-0.25, -0.2) is 0 Å². The summed E-state index contributed by atoms with van der Waals surface area (Å²) < 4.78 is 13.1. The van der Waals surface area contributed by atoms with Gasteiger partial charge in [0.1, 0.15) is 17.9 Å². The molecule has 1 aliphatic carbocycles. The van der Waals surface area contributed by atoms with Gasteiger partial charge >= 0.3 is 5.97 Å². The maximum atomic E-state index is 13.5. The van der Waals surface area contributed by atoms with Crippen LogP contribution in [0.3, 0.4) is 0 Å². The lowest BCUT2D eigenvalue weighted by Gasteiger charge is -2.61. The molecule has 3 aromatic carbocycles. The van der Waals surface area contributed by atoms with Crippen molar-refractivity contribution in [2.45, 2.75) is 63.5 Å². The molecule has 1 heterocycles. The van der Waals surface area contributed by atoms with Gasteiger partial charge in [0.15, 0.2) is 0 Å². The number of hydrogen-bond acceptors (Lipinski definition) is 4. The number of likely N-dealkylation sites (tertiary alicyclic amines) is 1. The molecular weight excluding hydrogens is 500 g/mol. The average Bonchev–Trinajstić information content (AvgIpc) is 2.92. The molecule has 1 amide bonds. The van der Waals surface area contributed by atoms with Crippen LogP contribution in [0, 0.1) is 5.92 Å². The Bertz CT molecular complexity index is 1400. The molecule has 1 N–H and O–H groups in total. The summed E-state index contributed by atoms with van der Waals surface area (Å²) in [7, 11) is 4.21. The van der Waals surface area contributed by atoms with Crippen LogP contribution in [-0.4, -0.2) is 61.8 Å². The van der Waals surface area contributed by atoms with E-state index in [1.807, 2.05) is 61.7 Å². The molecule has 1 saturated carbocycles. The van der Waals surface area contributed by atoms with Gasteiger partial charge < -0.3 is 19.3 Å². The number of fused-ring (bicyclic) bond motifs is 2. The van der Waals surface area contributed by atoms with Gasteiger partial charge in [-0.1, -0.05) is 56.3 Å². The van der Waals surface area contributed by atoms with E-state index in [0.29, 0.717) is 17.2 Å². The Morgan fingerprint density at radius 1 is 1.02 bits per heavy atom. The molecular formula is C34H43N2O4+. The maximum Gasteiger partial charge on any atom is 0.308 e. The number of esters is 1. The summed E-state index contributed by atoms with van der Waals surface area (Å²) in [6, 6.07) is 22.0. The first-order valence-electron chi connectivity index (χ1n) is 14.5. The Kier molecular flexibility index (Phi) is 7.77. The summed E-state index contributed by atoms with van der Waals surface area (Å²) in [5.74, 6) is 0.760. The average molecular weight is 544 g/mol. The van der Waals surface area contributed by atoms with E-state index in [2.05, 4.69) is 38.3 Å². The summed E-state index contributed by atoms with van der Waals surface area (Å²) in [4.78, 5) is 25.3. The third-order valence-electron chi connectivity index (χ3n) is 9.27. The van der Waals surface area contributed by atoms with Gasteiger partial charge in [0, 0.05) is 43.4 Å². The summed E-state index contributed by atoms with van der Waals surface area (Å²) in [6.45, 7) is 9.02. The minimum Gasteiger partial charge on any atom is -0.427 e. The number of ether oxygens (including phenoxy) is 2. The van der Waals surface area contributed by atoms with Crippen molar-refractivity contribution in [3.05, 3.63) is 77.9 Å². The van der Waals surface area contributed by atoms with E-state index in [-0.39, 0.29) is 23.3 Å². The van der Waals surface area contributed by atoms with Crippen LogP contribution in [0.15, 0.2) is 66.7 Å². The van der Waals surface area contributed by atoms with Gasteiger partial charge in [-0.15, -0.1) is 0 Å². The summed E-state index contributed by atoms with van der Waals surface area (Å²) >= 11 is 0. The molecule has 0 aromatic heterocycles. The van der Waals surface area contributed by atoms with E-state index < -0.39 is 5.60 Å². The van der Waals surface area contributed by atoms with Crippen molar-refractivity contribution in [2.24, 2.45) is 5.92 Å². The number of rotatable bonds is 7. The highest BCUT2D eigenvalue weighted by molar-refractivity contribution is 5.98. The normalized spacial score (nSPS) is 28.2. The number of nitrogens with one attached hydrogen (secondary N) is 1. The van der Waals surface area contributed by atoms with E-state index in [9.17, 15) is 9.59 Å². The third kappa shape index (κ3) is 5.39. The molecule has 40 heavy (non-hydrogen) atoms. The molecule has 0 bridgehead atoms. The van der Waals surface area contributed by atoms with Crippen LogP contribution >= 0.6 is 0 Å². The van der Waals surface area contributed by atoms with Crippen LogP contribution in [0.25, 0.3) is 10.8 Å². The molecule has 1 unspecified atom stereocenters. The molecule has 6 nitrogen and oxygen atoms in total. The Balaban J connectivity index is 1.49. The zero-order chi connectivity index (χ0) is 28.5. The van der Waals surface area contributed by atoms with Crippen LogP contribution < -0.4 is 10.1 Å². The van der Waals surface area contributed by atoms with Crippen LogP contribution in [-0.2, 0) is 14.9 Å². The topological polar surface area (TPSA) is 64.6 Å². The highest BCUT2D eigenvalue weighted by Gasteiger charge is 2.62. The fourth-order valence-electron chi connectivity index (χ4n) is 7.74. The van der Waals surface area contributed by atoms with Crippen molar-refractivity contribution >= 4 is 22.6 Å². The van der Waals surface area contributed by atoms with Crippen molar-refractivity contribution in [1.82, 2.24) is 5.32 Å². The van der Waals surface area contributed by atoms with E-state index >= 15 is 0 Å². The molecule has 6 heteroatoms. The summed E-state index contributed by atoms with van der Waals surface area (Å²) in [5, 5.41) is 5.57. The first-order valence-corrected chi connectivity index (χ1v) is 14.5. The van der Waals surface area contributed by atoms with Crippen molar-refractivity contribution in [3.63, 3.8) is 0 Å². The number of carbonyl (C=O) groups excluding carboxylic acids is 2. The minimum atomic E-state index is -0.395. The summed E-state index contributed by atoms with van der Waals surface area (Å²) in [6.07, 6.45) is 3.39. The predicted octanol–water partition coefficient (Wildman–Crippen LogP) is 5.88. The number of quaternary nitrogens is 1. The van der Waals surface area contributed by atoms with Gasteiger partial charge in [-0.05, 0) is 59.9 Å². The van der Waals surface area contributed by atoms with Crippen molar-refractivity contribution in [3.8, 4) is 5.75 Å². The SMILES string of the molecule is COC12CC[C@@H](NC(=O)c3ccc4ccccc4c3)C[C@@]1(c1cccc(OC(C)=O)c1)CC[N@@+](C)(CC(C)C)C2. The minimum absolute atomic E-state index is 0.00146. The first-order chi connectivity index (χ1) is 19.1. The van der Waals surface area contributed by atoms with Gasteiger partial charge in [0.05, 0.1) is 20.1 Å². The highest BCUT2D eigenvalue weighted by Crippen LogP contribution is 2.55. The van der Waals surface area contributed by atoms with Gasteiger partial charge in [0.2, 0.25) is 0 Å². The number of methoxy groups -OCH3 is 1. The first kappa shape index (κ1) is 28.3. The Labute approximate surface area is 238 Å². The van der Waals surface area contributed by atoms with E-state index in [1.165, 1.54) is 6.92 Å². The number of amides is 1. The zero-order valence-corrected chi connectivity index (χ0v) is 24.5. The van der Waals surface area contributed by atoms with Crippen LogP contribution in [0.5, 0.6) is 5.75 Å². The lowest BCUT2D eigenvalue weighted by atomic mass is 9.54.